The van der Waals surface area contributed by atoms with Gasteiger partial charge in [0.05, 0.1) is 7.11 Å². The molecule has 0 bridgehead atoms. The van der Waals surface area contributed by atoms with Crippen LogP contribution in [0, 0.1) is 6.92 Å². The molecule has 0 atom stereocenters. The first-order chi connectivity index (χ1) is 8.94. The van der Waals surface area contributed by atoms with E-state index in [0.717, 1.165) is 17.9 Å². The second-order valence-electron chi connectivity index (χ2n) is 3.92. The highest BCUT2D eigenvalue weighted by atomic mass is 35.5. The first-order valence-electron chi connectivity index (χ1n) is 5.74. The predicted octanol–water partition coefficient (Wildman–Crippen LogP) is 1.15. The van der Waals surface area contributed by atoms with Crippen LogP contribution in [0.1, 0.15) is 21.7 Å². The Morgan fingerprint density at radius 1 is 1.40 bits per heavy atom. The van der Waals surface area contributed by atoms with Gasteiger partial charge >= 0.3 is 5.97 Å². The number of ether oxygens (including phenoxy) is 1. The summed E-state index contributed by atoms with van der Waals surface area (Å²) in [6.07, 6.45) is 0.673. The minimum Gasteiger partial charge on any atom is -0.465 e. The molecule has 2 N–H and O–H groups in total. The minimum atomic E-state index is -3.68. The largest absolute Gasteiger partial charge is 0.465 e. The molecule has 0 amide bonds. The van der Waals surface area contributed by atoms with Crippen molar-refractivity contribution in [1.82, 2.24) is 10.0 Å². The van der Waals surface area contributed by atoms with Crippen molar-refractivity contribution in [2.45, 2.75) is 18.2 Å². The van der Waals surface area contributed by atoms with Crippen molar-refractivity contribution in [2.24, 2.45) is 0 Å². The molecule has 0 radical (unpaired) electrons. The zero-order valence-electron chi connectivity index (χ0n) is 11.6. The fourth-order valence-corrected chi connectivity index (χ4v) is 4.32. The molecule has 0 aliphatic carbocycles. The molecule has 9 heteroatoms. The van der Waals surface area contributed by atoms with Crippen molar-refractivity contribution in [3.8, 4) is 0 Å². The number of sulfonamides is 1. The first kappa shape index (κ1) is 19.3. The quantitative estimate of drug-likeness (QED) is 0.573. The van der Waals surface area contributed by atoms with E-state index in [1.165, 1.54) is 7.11 Å². The Morgan fingerprint density at radius 3 is 2.60 bits per heavy atom. The molecule has 0 saturated heterocycles. The Labute approximate surface area is 129 Å². The van der Waals surface area contributed by atoms with Crippen LogP contribution in [0.15, 0.2) is 10.3 Å². The van der Waals surface area contributed by atoms with Gasteiger partial charge < -0.3 is 10.1 Å². The highest BCUT2D eigenvalue weighted by Gasteiger charge is 2.26. The third kappa shape index (κ3) is 4.71. The molecule has 6 nitrogen and oxygen atoms in total. The summed E-state index contributed by atoms with van der Waals surface area (Å²) in [4.78, 5) is 11.7. The number of esters is 1. The van der Waals surface area contributed by atoms with Crippen molar-refractivity contribution < 1.29 is 17.9 Å². The Kier molecular flexibility index (Phi) is 8.29. The number of thiophene rings is 1. The molecule has 1 heterocycles. The standard InChI is InChI=1S/C11H18N2O4S2.ClH/c1-8-7-18-9(11(14)17-3)10(8)19(15,16)13-6-4-5-12-2;/h7,12-13H,4-6H2,1-3H3;1H. The number of carbonyl (C=O) groups is 1. The summed E-state index contributed by atoms with van der Waals surface area (Å²) in [6.45, 7) is 2.69. The van der Waals surface area contributed by atoms with Gasteiger partial charge in [-0.3, -0.25) is 0 Å². The van der Waals surface area contributed by atoms with Gasteiger partial charge in [0, 0.05) is 6.54 Å². The van der Waals surface area contributed by atoms with Crippen molar-refractivity contribution in [3.63, 3.8) is 0 Å². The van der Waals surface area contributed by atoms with Gasteiger partial charge in [-0.2, -0.15) is 0 Å². The fraction of sp³-hybridized carbons (Fsp3) is 0.545. The minimum absolute atomic E-state index is 0. The number of aryl methyl sites for hydroxylation is 1. The van der Waals surface area contributed by atoms with Crippen LogP contribution in [0.3, 0.4) is 0 Å². The number of carbonyl (C=O) groups excluding carboxylic acids is 1. The Bertz CT molecular complexity index is 543. The topological polar surface area (TPSA) is 84.5 Å². The van der Waals surface area contributed by atoms with Crippen LogP contribution in [-0.2, 0) is 14.8 Å². The number of methoxy groups -OCH3 is 1. The van der Waals surface area contributed by atoms with Gasteiger partial charge in [-0.25, -0.2) is 17.9 Å². The lowest BCUT2D eigenvalue weighted by molar-refractivity contribution is 0.0602. The summed E-state index contributed by atoms with van der Waals surface area (Å²) in [5, 5.41) is 4.57. The van der Waals surface area contributed by atoms with Crippen molar-refractivity contribution in [2.75, 3.05) is 27.2 Å². The maximum absolute atomic E-state index is 12.2. The molecule has 1 aromatic rings. The van der Waals surface area contributed by atoms with Gasteiger partial charge in [0.15, 0.2) is 0 Å². The van der Waals surface area contributed by atoms with E-state index in [2.05, 4.69) is 14.8 Å². The molecule has 1 rings (SSSR count). The van der Waals surface area contributed by atoms with E-state index in [-0.39, 0.29) is 22.2 Å². The second kappa shape index (κ2) is 8.58. The highest BCUT2D eigenvalue weighted by Crippen LogP contribution is 2.27. The van der Waals surface area contributed by atoms with Crippen LogP contribution < -0.4 is 10.0 Å². The molecular weight excluding hydrogens is 324 g/mol. The van der Waals surface area contributed by atoms with Gasteiger partial charge in [-0.15, -0.1) is 23.7 Å². The summed E-state index contributed by atoms with van der Waals surface area (Å²) in [5.41, 5.74) is 0.548. The van der Waals surface area contributed by atoms with Gasteiger partial charge in [0.2, 0.25) is 10.0 Å². The van der Waals surface area contributed by atoms with Gasteiger partial charge in [0.1, 0.15) is 9.77 Å². The number of rotatable bonds is 7. The van der Waals surface area contributed by atoms with Crippen LogP contribution >= 0.6 is 23.7 Å². The molecule has 0 unspecified atom stereocenters. The van der Waals surface area contributed by atoms with Crippen molar-refractivity contribution in [1.29, 1.82) is 0 Å². The summed E-state index contributed by atoms with van der Waals surface area (Å²) in [6, 6.07) is 0. The number of hydrogen-bond acceptors (Lipinski definition) is 6. The molecule has 1 aromatic heterocycles. The van der Waals surface area contributed by atoms with Crippen LogP contribution in [0.4, 0.5) is 0 Å². The van der Waals surface area contributed by atoms with Crippen LogP contribution in [0.5, 0.6) is 0 Å². The molecule has 0 aromatic carbocycles. The van der Waals surface area contributed by atoms with E-state index < -0.39 is 16.0 Å². The molecule has 0 fully saturated rings. The third-order valence-electron chi connectivity index (χ3n) is 2.45. The monoisotopic (exact) mass is 342 g/mol. The summed E-state index contributed by atoms with van der Waals surface area (Å²) < 4.78 is 31.5. The average Bonchev–Trinajstić information content (AvgIpc) is 2.76. The summed E-state index contributed by atoms with van der Waals surface area (Å²) in [5.74, 6) is -0.631. The molecule has 0 aliphatic heterocycles. The molecule has 20 heavy (non-hydrogen) atoms. The molecular formula is C11H19ClN2O4S2. The highest BCUT2D eigenvalue weighted by molar-refractivity contribution is 7.89. The predicted molar refractivity (Wildman–Crippen MR) is 81.4 cm³/mol. The van der Waals surface area contributed by atoms with Gasteiger partial charge in [0.25, 0.3) is 0 Å². The van der Waals surface area contributed by atoms with Crippen molar-refractivity contribution >= 4 is 39.7 Å². The van der Waals surface area contributed by atoms with Crippen LogP contribution in [0.2, 0.25) is 0 Å². The Hall–Kier alpha value is -0.670. The summed E-state index contributed by atoms with van der Waals surface area (Å²) in [7, 11) is -0.653. The van der Waals surface area contributed by atoms with Crippen LogP contribution in [0.25, 0.3) is 0 Å². The zero-order valence-corrected chi connectivity index (χ0v) is 14.0. The molecule has 116 valence electrons. The van der Waals surface area contributed by atoms with E-state index in [1.54, 1.807) is 19.4 Å². The van der Waals surface area contributed by atoms with Gasteiger partial charge in [-0.1, -0.05) is 0 Å². The Morgan fingerprint density at radius 2 is 2.05 bits per heavy atom. The smallest absolute Gasteiger partial charge is 0.349 e. The number of halogens is 1. The first-order valence-corrected chi connectivity index (χ1v) is 8.11. The lowest BCUT2D eigenvalue weighted by Gasteiger charge is -2.08. The van der Waals surface area contributed by atoms with E-state index in [9.17, 15) is 13.2 Å². The van der Waals surface area contributed by atoms with Gasteiger partial charge in [-0.05, 0) is 37.9 Å². The summed E-state index contributed by atoms with van der Waals surface area (Å²) >= 11 is 1.07. The normalized spacial score (nSPS) is 10.9. The zero-order chi connectivity index (χ0) is 14.5. The maximum atomic E-state index is 12.2. The third-order valence-corrected chi connectivity index (χ3v) is 5.31. The van der Waals surface area contributed by atoms with Crippen LogP contribution in [-0.4, -0.2) is 41.6 Å². The lowest BCUT2D eigenvalue weighted by atomic mass is 10.3. The van der Waals surface area contributed by atoms with E-state index in [4.69, 9.17) is 0 Å². The second-order valence-corrected chi connectivity index (χ2v) is 6.51. The fourth-order valence-electron chi connectivity index (χ4n) is 1.54. The van der Waals surface area contributed by atoms with E-state index in [0.29, 0.717) is 18.5 Å². The SMILES string of the molecule is CNCCCNS(=O)(=O)c1c(C)csc1C(=O)OC.Cl. The lowest BCUT2D eigenvalue weighted by Crippen LogP contribution is -2.28. The molecule has 0 aliphatic rings. The maximum Gasteiger partial charge on any atom is 0.349 e. The molecule has 0 spiro atoms. The number of nitrogens with one attached hydrogen (secondary N) is 2. The average molecular weight is 343 g/mol. The number of hydrogen-bond donors (Lipinski definition) is 2. The Balaban J connectivity index is 0.00000361. The molecule has 0 saturated carbocycles. The van der Waals surface area contributed by atoms with E-state index >= 15 is 0 Å². The van der Waals surface area contributed by atoms with E-state index in [1.807, 2.05) is 0 Å². The van der Waals surface area contributed by atoms with Crippen molar-refractivity contribution in [3.05, 3.63) is 15.8 Å².